The number of aryl methyl sites for hydroxylation is 1. The fourth-order valence-corrected chi connectivity index (χ4v) is 2.78. The van der Waals surface area contributed by atoms with Gasteiger partial charge in [-0.05, 0) is 26.7 Å². The van der Waals surface area contributed by atoms with Gasteiger partial charge in [0.05, 0.1) is 17.1 Å². The number of carbonyl (C=O) groups excluding carboxylic acids is 1. The predicted molar refractivity (Wildman–Crippen MR) is 75.8 cm³/mol. The lowest BCUT2D eigenvalue weighted by molar-refractivity contribution is -0.133. The summed E-state index contributed by atoms with van der Waals surface area (Å²) in [6.45, 7) is 4.06. The van der Waals surface area contributed by atoms with Crippen molar-refractivity contribution in [2.75, 3.05) is 12.8 Å². The zero-order valence-corrected chi connectivity index (χ0v) is 12.1. The minimum absolute atomic E-state index is 0.123. The fraction of sp³-hybridized carbons (Fsp3) is 0.714. The highest BCUT2D eigenvalue weighted by Crippen LogP contribution is 2.22. The van der Waals surface area contributed by atoms with Gasteiger partial charge in [0.1, 0.15) is 6.54 Å². The maximum absolute atomic E-state index is 12.3. The summed E-state index contributed by atoms with van der Waals surface area (Å²) in [5.74, 6) is 0.123. The molecule has 1 fully saturated rings. The van der Waals surface area contributed by atoms with Crippen LogP contribution in [0.5, 0.6) is 0 Å². The monoisotopic (exact) mass is 264 g/mol. The molecule has 0 radical (unpaired) electrons. The number of nitrogens with two attached hydrogens (primary N) is 1. The third-order valence-electron chi connectivity index (χ3n) is 4.24. The highest BCUT2D eigenvalue weighted by Gasteiger charge is 2.23. The average Bonchev–Trinajstić information content (AvgIpc) is 2.66. The third kappa shape index (κ3) is 2.91. The maximum Gasteiger partial charge on any atom is 0.244 e. The molecule has 1 aliphatic rings. The zero-order valence-electron chi connectivity index (χ0n) is 12.1. The van der Waals surface area contributed by atoms with E-state index in [9.17, 15) is 4.79 Å². The lowest BCUT2D eigenvalue weighted by Crippen LogP contribution is -2.40. The van der Waals surface area contributed by atoms with E-state index in [0.717, 1.165) is 24.2 Å². The highest BCUT2D eigenvalue weighted by molar-refractivity contribution is 5.76. The van der Waals surface area contributed by atoms with E-state index in [-0.39, 0.29) is 12.5 Å². The van der Waals surface area contributed by atoms with Gasteiger partial charge in [0.2, 0.25) is 5.91 Å². The summed E-state index contributed by atoms with van der Waals surface area (Å²) in [6, 6.07) is 0.399. The number of hydrogen-bond acceptors (Lipinski definition) is 3. The molecule has 0 atom stereocenters. The second-order valence-electron chi connectivity index (χ2n) is 5.54. The predicted octanol–water partition coefficient (Wildman–Crippen LogP) is 1.87. The number of anilines is 1. The highest BCUT2D eigenvalue weighted by atomic mass is 16.2. The van der Waals surface area contributed by atoms with Crippen LogP contribution in [0.2, 0.25) is 0 Å². The Balaban J connectivity index is 2.01. The largest absolute Gasteiger partial charge is 0.396 e. The molecule has 1 aromatic heterocycles. The van der Waals surface area contributed by atoms with Crippen molar-refractivity contribution in [2.24, 2.45) is 0 Å². The van der Waals surface area contributed by atoms with Gasteiger partial charge in [0.25, 0.3) is 0 Å². The summed E-state index contributed by atoms with van der Waals surface area (Å²) in [5, 5.41) is 4.32. The van der Waals surface area contributed by atoms with Crippen LogP contribution in [-0.4, -0.2) is 33.7 Å². The van der Waals surface area contributed by atoms with Crippen LogP contribution in [0.4, 0.5) is 5.69 Å². The number of carbonyl (C=O) groups is 1. The fourth-order valence-electron chi connectivity index (χ4n) is 2.78. The van der Waals surface area contributed by atoms with Crippen LogP contribution in [0.1, 0.15) is 43.5 Å². The molecule has 0 aliphatic heterocycles. The first-order chi connectivity index (χ1) is 9.00. The Morgan fingerprint density at radius 1 is 1.37 bits per heavy atom. The Morgan fingerprint density at radius 2 is 2.00 bits per heavy atom. The molecular weight excluding hydrogens is 240 g/mol. The van der Waals surface area contributed by atoms with E-state index in [1.807, 2.05) is 25.8 Å². The second-order valence-corrected chi connectivity index (χ2v) is 5.54. The summed E-state index contributed by atoms with van der Waals surface area (Å²) in [7, 11) is 1.91. The molecule has 1 aliphatic carbocycles. The standard InChI is InChI=1S/C14H24N4O/c1-10-14(15)11(2)18(16-10)9-13(19)17(3)12-7-5-4-6-8-12/h12H,4-9,15H2,1-3H3. The number of nitrogen functional groups attached to an aromatic ring is 1. The quantitative estimate of drug-likeness (QED) is 0.906. The van der Waals surface area contributed by atoms with Crippen LogP contribution < -0.4 is 5.73 Å². The van der Waals surface area contributed by atoms with Gasteiger partial charge in [-0.2, -0.15) is 5.10 Å². The molecule has 2 N–H and O–H groups in total. The normalized spacial score (nSPS) is 16.6. The summed E-state index contributed by atoms with van der Waals surface area (Å²) >= 11 is 0. The van der Waals surface area contributed by atoms with E-state index < -0.39 is 0 Å². The minimum Gasteiger partial charge on any atom is -0.396 e. The van der Waals surface area contributed by atoms with Gasteiger partial charge in [0, 0.05) is 13.1 Å². The van der Waals surface area contributed by atoms with Crippen molar-refractivity contribution in [1.29, 1.82) is 0 Å². The van der Waals surface area contributed by atoms with E-state index in [0.29, 0.717) is 11.7 Å². The van der Waals surface area contributed by atoms with Gasteiger partial charge < -0.3 is 10.6 Å². The zero-order chi connectivity index (χ0) is 14.0. The molecule has 5 heteroatoms. The number of aromatic nitrogens is 2. The average molecular weight is 264 g/mol. The molecule has 0 spiro atoms. The topological polar surface area (TPSA) is 64.2 Å². The summed E-state index contributed by atoms with van der Waals surface area (Å²) in [6.07, 6.45) is 6.01. The molecular formula is C14H24N4O. The first kappa shape index (κ1) is 13.9. The van der Waals surface area contributed by atoms with Gasteiger partial charge in [-0.25, -0.2) is 0 Å². The number of amides is 1. The van der Waals surface area contributed by atoms with Crippen molar-refractivity contribution in [2.45, 2.75) is 58.5 Å². The van der Waals surface area contributed by atoms with Crippen LogP contribution in [0.3, 0.4) is 0 Å². The van der Waals surface area contributed by atoms with Crippen molar-refractivity contribution in [3.8, 4) is 0 Å². The van der Waals surface area contributed by atoms with Crippen LogP contribution in [0, 0.1) is 13.8 Å². The molecule has 0 saturated heterocycles. The Labute approximate surface area is 114 Å². The Morgan fingerprint density at radius 3 is 2.53 bits per heavy atom. The molecule has 0 bridgehead atoms. The Kier molecular flexibility index (Phi) is 4.12. The Hall–Kier alpha value is -1.52. The van der Waals surface area contributed by atoms with Gasteiger partial charge in [-0.15, -0.1) is 0 Å². The molecule has 1 heterocycles. The van der Waals surface area contributed by atoms with Crippen molar-refractivity contribution in [1.82, 2.24) is 14.7 Å². The number of likely N-dealkylation sites (N-methyl/N-ethyl adjacent to an activating group) is 1. The number of hydrogen-bond donors (Lipinski definition) is 1. The van der Waals surface area contributed by atoms with Gasteiger partial charge >= 0.3 is 0 Å². The van der Waals surface area contributed by atoms with E-state index in [1.54, 1.807) is 4.68 Å². The molecule has 0 aromatic carbocycles. The van der Waals surface area contributed by atoms with E-state index in [2.05, 4.69) is 5.10 Å². The molecule has 1 saturated carbocycles. The van der Waals surface area contributed by atoms with Crippen molar-refractivity contribution < 1.29 is 4.79 Å². The Bertz CT molecular complexity index is 460. The third-order valence-corrected chi connectivity index (χ3v) is 4.24. The number of nitrogens with zero attached hydrogens (tertiary/aromatic N) is 3. The molecule has 106 valence electrons. The van der Waals surface area contributed by atoms with E-state index in [4.69, 9.17) is 5.73 Å². The molecule has 0 unspecified atom stereocenters. The molecule has 19 heavy (non-hydrogen) atoms. The first-order valence-corrected chi connectivity index (χ1v) is 7.06. The lowest BCUT2D eigenvalue weighted by Gasteiger charge is -2.31. The molecule has 1 aromatic rings. The number of rotatable bonds is 3. The van der Waals surface area contributed by atoms with Crippen LogP contribution >= 0.6 is 0 Å². The van der Waals surface area contributed by atoms with Crippen molar-refractivity contribution >= 4 is 11.6 Å². The van der Waals surface area contributed by atoms with Gasteiger partial charge in [0.15, 0.2) is 0 Å². The smallest absolute Gasteiger partial charge is 0.244 e. The maximum atomic E-state index is 12.3. The van der Waals surface area contributed by atoms with Crippen molar-refractivity contribution in [3.63, 3.8) is 0 Å². The SMILES string of the molecule is Cc1nn(CC(=O)N(C)C2CCCCC2)c(C)c1N. The summed E-state index contributed by atoms with van der Waals surface area (Å²) in [5.41, 5.74) is 8.25. The second kappa shape index (κ2) is 5.63. The van der Waals surface area contributed by atoms with Gasteiger partial charge in [-0.3, -0.25) is 9.48 Å². The van der Waals surface area contributed by atoms with Crippen LogP contribution in [-0.2, 0) is 11.3 Å². The van der Waals surface area contributed by atoms with E-state index >= 15 is 0 Å². The summed E-state index contributed by atoms with van der Waals surface area (Å²) in [4.78, 5) is 14.2. The first-order valence-electron chi connectivity index (χ1n) is 7.06. The van der Waals surface area contributed by atoms with E-state index in [1.165, 1.54) is 19.3 Å². The summed E-state index contributed by atoms with van der Waals surface area (Å²) < 4.78 is 1.71. The van der Waals surface area contributed by atoms with Gasteiger partial charge in [-0.1, -0.05) is 19.3 Å². The van der Waals surface area contributed by atoms with Crippen LogP contribution in [0.15, 0.2) is 0 Å². The van der Waals surface area contributed by atoms with Crippen molar-refractivity contribution in [3.05, 3.63) is 11.4 Å². The molecule has 1 amide bonds. The van der Waals surface area contributed by atoms with Crippen LogP contribution in [0.25, 0.3) is 0 Å². The lowest BCUT2D eigenvalue weighted by atomic mass is 9.94. The molecule has 2 rings (SSSR count). The minimum atomic E-state index is 0.123. The molecule has 5 nitrogen and oxygen atoms in total.